The van der Waals surface area contributed by atoms with Gasteiger partial charge in [-0.25, -0.2) is 0 Å². The van der Waals surface area contributed by atoms with Crippen LogP contribution in [0.25, 0.3) is 0 Å². The van der Waals surface area contributed by atoms with Gasteiger partial charge in [0.15, 0.2) is 0 Å². The van der Waals surface area contributed by atoms with Crippen molar-refractivity contribution in [2.24, 2.45) is 5.73 Å². The second-order valence-electron chi connectivity index (χ2n) is 6.04. The summed E-state index contributed by atoms with van der Waals surface area (Å²) in [4.78, 5) is 0. The van der Waals surface area contributed by atoms with Crippen molar-refractivity contribution in [2.45, 2.75) is 75.9 Å². The monoisotopic (exact) mass is 325 g/mol. The maximum atomic E-state index is 12.4. The predicted molar refractivity (Wildman–Crippen MR) is 84.2 cm³/mol. The smallest absolute Gasteiger partial charge is 0.279 e. The summed E-state index contributed by atoms with van der Waals surface area (Å²) in [5.41, 5.74) is 5.85. The van der Waals surface area contributed by atoms with Crippen LogP contribution < -0.4 is 10.5 Å². The van der Waals surface area contributed by atoms with Gasteiger partial charge in [-0.2, -0.15) is 17.4 Å². The quantitative estimate of drug-likeness (QED) is 0.827. The average molecular weight is 326 g/mol. The lowest BCUT2D eigenvalue weighted by molar-refractivity contribution is 0.277. The lowest BCUT2D eigenvalue weighted by Gasteiger charge is -2.33. The van der Waals surface area contributed by atoms with E-state index in [1.807, 2.05) is 0 Å². The molecule has 0 radical (unpaired) electrons. The SMILES string of the molecule is CN(C1CCCCC1)S(=O)(=O)NC1CCC(N)CC1.Cl. The number of hydrogen-bond donors (Lipinski definition) is 2. The van der Waals surface area contributed by atoms with E-state index in [9.17, 15) is 8.42 Å². The Morgan fingerprint density at radius 3 is 2.10 bits per heavy atom. The Bertz CT molecular complexity index is 377. The minimum atomic E-state index is -3.33. The van der Waals surface area contributed by atoms with Crippen LogP contribution in [0, 0.1) is 0 Å². The molecule has 2 aliphatic carbocycles. The van der Waals surface area contributed by atoms with E-state index in [0.717, 1.165) is 51.4 Å². The average Bonchev–Trinajstić information content (AvgIpc) is 2.41. The van der Waals surface area contributed by atoms with Gasteiger partial charge in [-0.1, -0.05) is 19.3 Å². The molecule has 0 aromatic rings. The Morgan fingerprint density at radius 2 is 1.55 bits per heavy atom. The Kier molecular flexibility index (Phi) is 7.21. The molecule has 2 fully saturated rings. The number of hydrogen-bond acceptors (Lipinski definition) is 3. The Balaban J connectivity index is 0.00000200. The van der Waals surface area contributed by atoms with Crippen molar-refractivity contribution in [1.29, 1.82) is 0 Å². The maximum absolute atomic E-state index is 12.4. The summed E-state index contributed by atoms with van der Waals surface area (Å²) in [7, 11) is -1.62. The van der Waals surface area contributed by atoms with Gasteiger partial charge >= 0.3 is 0 Å². The highest BCUT2D eigenvalue weighted by atomic mass is 35.5. The fraction of sp³-hybridized carbons (Fsp3) is 1.00. The van der Waals surface area contributed by atoms with Gasteiger partial charge in [-0.05, 0) is 38.5 Å². The second-order valence-corrected chi connectivity index (χ2v) is 7.80. The van der Waals surface area contributed by atoms with Crippen LogP contribution in [-0.2, 0) is 10.2 Å². The number of rotatable bonds is 4. The molecule has 0 bridgehead atoms. The summed E-state index contributed by atoms with van der Waals surface area (Å²) in [5.74, 6) is 0. The second kappa shape index (κ2) is 7.94. The van der Waals surface area contributed by atoms with E-state index in [1.54, 1.807) is 11.4 Å². The zero-order valence-electron chi connectivity index (χ0n) is 12.3. The number of nitrogens with one attached hydrogen (secondary N) is 1. The molecule has 20 heavy (non-hydrogen) atoms. The molecule has 0 unspecified atom stereocenters. The van der Waals surface area contributed by atoms with Crippen LogP contribution in [0.5, 0.6) is 0 Å². The third kappa shape index (κ3) is 4.84. The molecule has 7 heteroatoms. The van der Waals surface area contributed by atoms with E-state index in [1.165, 1.54) is 6.42 Å². The number of halogens is 1. The summed E-state index contributed by atoms with van der Waals surface area (Å²) in [6.07, 6.45) is 9.06. The van der Waals surface area contributed by atoms with Crippen molar-refractivity contribution in [3.8, 4) is 0 Å². The first-order chi connectivity index (χ1) is 8.99. The van der Waals surface area contributed by atoms with Crippen LogP contribution in [0.15, 0.2) is 0 Å². The van der Waals surface area contributed by atoms with Gasteiger partial charge in [-0.3, -0.25) is 0 Å². The highest BCUT2D eigenvalue weighted by Crippen LogP contribution is 2.24. The summed E-state index contributed by atoms with van der Waals surface area (Å²) in [6.45, 7) is 0. The van der Waals surface area contributed by atoms with E-state index in [0.29, 0.717) is 0 Å². The zero-order chi connectivity index (χ0) is 13.9. The van der Waals surface area contributed by atoms with Gasteiger partial charge in [0.2, 0.25) is 0 Å². The fourth-order valence-corrected chi connectivity index (χ4v) is 4.60. The van der Waals surface area contributed by atoms with Crippen molar-refractivity contribution in [3.05, 3.63) is 0 Å². The topological polar surface area (TPSA) is 75.4 Å². The molecule has 0 spiro atoms. The molecular weight excluding hydrogens is 298 g/mol. The lowest BCUT2D eigenvalue weighted by atomic mass is 9.93. The first kappa shape index (κ1) is 18.2. The molecule has 0 aromatic heterocycles. The van der Waals surface area contributed by atoms with Gasteiger partial charge in [0.25, 0.3) is 10.2 Å². The first-order valence-electron chi connectivity index (χ1n) is 7.50. The van der Waals surface area contributed by atoms with Gasteiger partial charge in [-0.15, -0.1) is 12.4 Å². The first-order valence-corrected chi connectivity index (χ1v) is 8.94. The minimum Gasteiger partial charge on any atom is -0.328 e. The van der Waals surface area contributed by atoms with E-state index in [2.05, 4.69) is 4.72 Å². The third-order valence-electron chi connectivity index (χ3n) is 4.56. The third-order valence-corrected chi connectivity index (χ3v) is 6.24. The Morgan fingerprint density at radius 1 is 1.00 bits per heavy atom. The highest BCUT2D eigenvalue weighted by Gasteiger charge is 2.30. The molecule has 0 heterocycles. The largest absolute Gasteiger partial charge is 0.328 e. The van der Waals surface area contributed by atoms with E-state index in [-0.39, 0.29) is 30.5 Å². The van der Waals surface area contributed by atoms with Gasteiger partial charge < -0.3 is 5.73 Å². The molecule has 2 rings (SSSR count). The zero-order valence-corrected chi connectivity index (χ0v) is 13.9. The minimum absolute atomic E-state index is 0. The summed E-state index contributed by atoms with van der Waals surface area (Å²) in [6, 6.07) is 0.491. The summed E-state index contributed by atoms with van der Waals surface area (Å²) >= 11 is 0. The van der Waals surface area contributed by atoms with Crippen LogP contribution in [0.1, 0.15) is 57.8 Å². The van der Waals surface area contributed by atoms with E-state index in [4.69, 9.17) is 5.73 Å². The summed E-state index contributed by atoms with van der Waals surface area (Å²) < 4.78 is 29.1. The highest BCUT2D eigenvalue weighted by molar-refractivity contribution is 7.87. The van der Waals surface area contributed by atoms with Crippen molar-refractivity contribution in [2.75, 3.05) is 7.05 Å². The Labute approximate surface area is 129 Å². The van der Waals surface area contributed by atoms with Gasteiger partial charge in [0.05, 0.1) is 0 Å². The van der Waals surface area contributed by atoms with Crippen LogP contribution in [-0.4, -0.2) is 37.9 Å². The standard InChI is InChI=1S/C13H27N3O2S.ClH/c1-16(13-5-3-2-4-6-13)19(17,18)15-12-9-7-11(14)8-10-12;/h11-13,15H,2-10,14H2,1H3;1H. The number of nitrogens with zero attached hydrogens (tertiary/aromatic N) is 1. The van der Waals surface area contributed by atoms with Crippen LogP contribution in [0.2, 0.25) is 0 Å². The fourth-order valence-electron chi connectivity index (χ4n) is 3.17. The van der Waals surface area contributed by atoms with Crippen LogP contribution >= 0.6 is 12.4 Å². The van der Waals surface area contributed by atoms with Gasteiger partial charge in [0, 0.05) is 25.2 Å². The maximum Gasteiger partial charge on any atom is 0.279 e. The van der Waals surface area contributed by atoms with E-state index < -0.39 is 10.2 Å². The Hall–Kier alpha value is 0.120. The molecule has 0 aliphatic heterocycles. The molecule has 120 valence electrons. The molecule has 0 saturated heterocycles. The normalized spacial score (nSPS) is 29.1. The predicted octanol–water partition coefficient (Wildman–Crippen LogP) is 1.78. The molecular formula is C13H28ClN3O2S. The van der Waals surface area contributed by atoms with Crippen molar-refractivity contribution < 1.29 is 8.42 Å². The van der Waals surface area contributed by atoms with Crippen LogP contribution in [0.3, 0.4) is 0 Å². The lowest BCUT2D eigenvalue weighted by Crippen LogP contribution is -2.49. The molecule has 5 nitrogen and oxygen atoms in total. The van der Waals surface area contributed by atoms with Crippen molar-refractivity contribution in [3.63, 3.8) is 0 Å². The molecule has 0 amide bonds. The molecule has 3 N–H and O–H groups in total. The van der Waals surface area contributed by atoms with Crippen LogP contribution in [0.4, 0.5) is 0 Å². The molecule has 0 aromatic carbocycles. The van der Waals surface area contributed by atoms with E-state index >= 15 is 0 Å². The van der Waals surface area contributed by atoms with Crippen molar-refractivity contribution in [1.82, 2.24) is 9.03 Å². The summed E-state index contributed by atoms with van der Waals surface area (Å²) in [5, 5.41) is 0. The number of nitrogens with two attached hydrogens (primary N) is 1. The van der Waals surface area contributed by atoms with Crippen molar-refractivity contribution >= 4 is 22.6 Å². The molecule has 2 saturated carbocycles. The molecule has 2 aliphatic rings. The van der Waals surface area contributed by atoms with Gasteiger partial charge in [0.1, 0.15) is 0 Å². The molecule has 0 atom stereocenters.